The summed E-state index contributed by atoms with van der Waals surface area (Å²) in [6.45, 7) is 1.90. The lowest BCUT2D eigenvalue weighted by Crippen LogP contribution is -2.21. The van der Waals surface area contributed by atoms with Crippen LogP contribution in [0.15, 0.2) is 24.3 Å². The average Bonchev–Trinajstić information content (AvgIpc) is 2.16. The molecule has 1 rings (SSSR count). The number of hydrogen-bond acceptors (Lipinski definition) is 2. The zero-order valence-electron chi connectivity index (χ0n) is 8.08. The fourth-order valence-electron chi connectivity index (χ4n) is 0.917. The van der Waals surface area contributed by atoms with E-state index in [9.17, 15) is 4.79 Å². The van der Waals surface area contributed by atoms with E-state index in [1.807, 2.05) is 37.4 Å². The van der Waals surface area contributed by atoms with Gasteiger partial charge in [0.15, 0.2) is 0 Å². The van der Waals surface area contributed by atoms with Gasteiger partial charge in [0.05, 0.1) is 5.25 Å². The Morgan fingerprint density at radius 2 is 2.29 bits per heavy atom. The molecule has 0 aliphatic carbocycles. The Labute approximate surface area is 102 Å². The molecule has 0 bridgehead atoms. The Bertz CT molecular complexity index is 330. The molecule has 1 N–H and O–H groups in total. The van der Waals surface area contributed by atoms with Crippen LogP contribution in [0.2, 0.25) is 0 Å². The Kier molecular flexibility index (Phi) is 4.74. The molecular weight excluding hydrogens is 309 g/mol. The summed E-state index contributed by atoms with van der Waals surface area (Å²) in [5, 5.41) is 2.86. The van der Waals surface area contributed by atoms with Crippen molar-refractivity contribution in [2.45, 2.75) is 12.2 Å². The largest absolute Gasteiger partial charge is 0.325 e. The van der Waals surface area contributed by atoms with Crippen LogP contribution < -0.4 is 5.32 Å². The lowest BCUT2D eigenvalue weighted by Gasteiger charge is -2.09. The van der Waals surface area contributed by atoms with E-state index >= 15 is 0 Å². The first kappa shape index (κ1) is 11.8. The van der Waals surface area contributed by atoms with E-state index in [-0.39, 0.29) is 11.2 Å². The van der Waals surface area contributed by atoms with Gasteiger partial charge in [-0.05, 0) is 54.0 Å². The van der Waals surface area contributed by atoms with Crippen molar-refractivity contribution in [2.75, 3.05) is 11.6 Å². The smallest absolute Gasteiger partial charge is 0.237 e. The second-order valence-corrected chi connectivity index (χ2v) is 5.30. The summed E-state index contributed by atoms with van der Waals surface area (Å²) in [5.41, 5.74) is 0.864. The molecule has 0 aliphatic rings. The molecule has 0 fully saturated rings. The van der Waals surface area contributed by atoms with Crippen LogP contribution in [0, 0.1) is 3.57 Å². The van der Waals surface area contributed by atoms with Gasteiger partial charge in [0.1, 0.15) is 0 Å². The van der Waals surface area contributed by atoms with Crippen LogP contribution in [-0.4, -0.2) is 17.4 Å². The predicted molar refractivity (Wildman–Crippen MR) is 70.8 cm³/mol. The van der Waals surface area contributed by atoms with E-state index < -0.39 is 0 Å². The van der Waals surface area contributed by atoms with E-state index in [1.165, 1.54) is 0 Å². The number of amides is 1. The van der Waals surface area contributed by atoms with Crippen LogP contribution in [0.1, 0.15) is 6.92 Å². The second-order valence-electron chi connectivity index (χ2n) is 2.88. The standard InChI is InChI=1S/C10H12INOS/c1-7(14-2)10(13)12-9-5-3-4-8(11)6-9/h3-7H,1-2H3,(H,12,13). The Morgan fingerprint density at radius 1 is 1.57 bits per heavy atom. The zero-order valence-corrected chi connectivity index (χ0v) is 11.1. The fourth-order valence-corrected chi connectivity index (χ4v) is 1.73. The molecule has 1 amide bonds. The van der Waals surface area contributed by atoms with Crippen molar-refractivity contribution in [1.82, 2.24) is 0 Å². The van der Waals surface area contributed by atoms with Gasteiger partial charge in [-0.2, -0.15) is 11.8 Å². The predicted octanol–water partition coefficient (Wildman–Crippen LogP) is 2.98. The van der Waals surface area contributed by atoms with Gasteiger partial charge >= 0.3 is 0 Å². The molecule has 0 radical (unpaired) electrons. The van der Waals surface area contributed by atoms with Crippen molar-refractivity contribution in [1.29, 1.82) is 0 Å². The molecule has 1 aromatic carbocycles. The molecule has 0 spiro atoms. The van der Waals surface area contributed by atoms with E-state index in [0.717, 1.165) is 9.26 Å². The minimum Gasteiger partial charge on any atom is -0.325 e. The number of carbonyl (C=O) groups is 1. The number of halogens is 1. The molecule has 0 saturated carbocycles. The van der Waals surface area contributed by atoms with Gasteiger partial charge < -0.3 is 5.32 Å². The third kappa shape index (κ3) is 3.49. The maximum Gasteiger partial charge on any atom is 0.237 e. The monoisotopic (exact) mass is 321 g/mol. The summed E-state index contributed by atoms with van der Waals surface area (Å²) >= 11 is 3.76. The average molecular weight is 321 g/mol. The zero-order chi connectivity index (χ0) is 10.6. The van der Waals surface area contributed by atoms with Gasteiger partial charge in [-0.25, -0.2) is 0 Å². The maximum absolute atomic E-state index is 11.5. The summed E-state index contributed by atoms with van der Waals surface area (Å²) in [5.74, 6) is 0.0551. The molecule has 14 heavy (non-hydrogen) atoms. The summed E-state index contributed by atoms with van der Waals surface area (Å²) in [6, 6.07) is 7.77. The lowest BCUT2D eigenvalue weighted by molar-refractivity contribution is -0.115. The summed E-state index contributed by atoms with van der Waals surface area (Å²) in [4.78, 5) is 11.5. The molecular formula is C10H12INOS. The lowest BCUT2D eigenvalue weighted by atomic mass is 10.3. The van der Waals surface area contributed by atoms with Gasteiger partial charge in [-0.1, -0.05) is 6.07 Å². The summed E-state index contributed by atoms with van der Waals surface area (Å²) in [6.07, 6.45) is 1.93. The van der Waals surface area contributed by atoms with Crippen LogP contribution in [0.3, 0.4) is 0 Å². The molecule has 1 atom stereocenters. The quantitative estimate of drug-likeness (QED) is 0.867. The van der Waals surface area contributed by atoms with Crippen molar-refractivity contribution in [3.8, 4) is 0 Å². The molecule has 0 heterocycles. The Balaban J connectivity index is 2.65. The van der Waals surface area contributed by atoms with Gasteiger partial charge in [-0.3, -0.25) is 4.79 Å². The van der Waals surface area contributed by atoms with Crippen LogP contribution >= 0.6 is 34.4 Å². The Morgan fingerprint density at radius 3 is 2.86 bits per heavy atom. The molecule has 0 aliphatic heterocycles. The molecule has 76 valence electrons. The Hall–Kier alpha value is -0.230. The first-order valence-corrected chi connectivity index (χ1v) is 6.59. The molecule has 2 nitrogen and oxygen atoms in total. The minimum atomic E-state index is -0.00660. The van der Waals surface area contributed by atoms with Gasteiger partial charge in [0, 0.05) is 9.26 Å². The minimum absolute atomic E-state index is 0.00660. The topological polar surface area (TPSA) is 29.1 Å². The normalized spacial score (nSPS) is 12.2. The molecule has 0 aromatic heterocycles. The number of benzene rings is 1. The first-order chi connectivity index (χ1) is 6.63. The molecule has 1 aromatic rings. The van der Waals surface area contributed by atoms with Crippen molar-refractivity contribution in [3.05, 3.63) is 27.8 Å². The van der Waals surface area contributed by atoms with Crippen LogP contribution in [0.5, 0.6) is 0 Å². The van der Waals surface area contributed by atoms with E-state index in [2.05, 4.69) is 27.9 Å². The highest BCUT2D eigenvalue weighted by atomic mass is 127. The van der Waals surface area contributed by atoms with Crippen molar-refractivity contribution >= 4 is 45.9 Å². The van der Waals surface area contributed by atoms with Gasteiger partial charge in [-0.15, -0.1) is 0 Å². The van der Waals surface area contributed by atoms with Crippen LogP contribution in [0.4, 0.5) is 5.69 Å². The highest BCUT2D eigenvalue weighted by molar-refractivity contribution is 14.1. The fraction of sp³-hybridized carbons (Fsp3) is 0.300. The molecule has 4 heteroatoms. The maximum atomic E-state index is 11.5. The van der Waals surface area contributed by atoms with Gasteiger partial charge in [0.2, 0.25) is 5.91 Å². The highest BCUT2D eigenvalue weighted by Gasteiger charge is 2.10. The van der Waals surface area contributed by atoms with Crippen LogP contribution in [-0.2, 0) is 4.79 Å². The number of thioether (sulfide) groups is 1. The van der Waals surface area contributed by atoms with E-state index in [1.54, 1.807) is 11.8 Å². The van der Waals surface area contributed by atoms with Crippen molar-refractivity contribution < 1.29 is 4.79 Å². The number of nitrogens with one attached hydrogen (secondary N) is 1. The third-order valence-electron chi connectivity index (χ3n) is 1.81. The highest BCUT2D eigenvalue weighted by Crippen LogP contribution is 2.14. The van der Waals surface area contributed by atoms with Crippen molar-refractivity contribution in [3.63, 3.8) is 0 Å². The number of carbonyl (C=O) groups excluding carboxylic acids is 1. The first-order valence-electron chi connectivity index (χ1n) is 4.22. The molecule has 0 saturated heterocycles. The number of rotatable bonds is 3. The summed E-state index contributed by atoms with van der Waals surface area (Å²) in [7, 11) is 0. The van der Waals surface area contributed by atoms with E-state index in [4.69, 9.17) is 0 Å². The summed E-state index contributed by atoms with van der Waals surface area (Å²) < 4.78 is 1.12. The van der Waals surface area contributed by atoms with Gasteiger partial charge in [0.25, 0.3) is 0 Å². The third-order valence-corrected chi connectivity index (χ3v) is 3.41. The second kappa shape index (κ2) is 5.60. The SMILES string of the molecule is CSC(C)C(=O)Nc1cccc(I)c1. The number of anilines is 1. The molecule has 1 unspecified atom stereocenters. The van der Waals surface area contributed by atoms with Crippen molar-refractivity contribution in [2.24, 2.45) is 0 Å². The van der Waals surface area contributed by atoms with E-state index in [0.29, 0.717) is 0 Å². The van der Waals surface area contributed by atoms with Crippen LogP contribution in [0.25, 0.3) is 0 Å². The number of hydrogen-bond donors (Lipinski definition) is 1.